The van der Waals surface area contributed by atoms with E-state index in [4.69, 9.17) is 4.74 Å². The first-order valence-electron chi connectivity index (χ1n) is 7.76. The van der Waals surface area contributed by atoms with Crippen LogP contribution in [0.5, 0.6) is 5.75 Å². The van der Waals surface area contributed by atoms with Gasteiger partial charge in [-0.25, -0.2) is 4.79 Å². The van der Waals surface area contributed by atoms with Crippen molar-refractivity contribution in [2.45, 2.75) is 32.4 Å². The van der Waals surface area contributed by atoms with Crippen molar-refractivity contribution < 1.29 is 19.4 Å². The van der Waals surface area contributed by atoms with Crippen LogP contribution in [0, 0.1) is 6.92 Å². The van der Waals surface area contributed by atoms with E-state index in [1.807, 2.05) is 49.4 Å². The summed E-state index contributed by atoms with van der Waals surface area (Å²) in [6, 6.07) is 15.5. The van der Waals surface area contributed by atoms with Crippen LogP contribution in [0.1, 0.15) is 18.1 Å². The van der Waals surface area contributed by atoms with Gasteiger partial charge in [-0.2, -0.15) is 0 Å². The topological polar surface area (TPSA) is 75.6 Å². The number of aryl methyl sites for hydroxylation is 1. The van der Waals surface area contributed by atoms with Crippen molar-refractivity contribution in [1.29, 1.82) is 0 Å². The summed E-state index contributed by atoms with van der Waals surface area (Å²) in [6.07, 6.45) is -0.565. The monoisotopic (exact) mass is 327 g/mol. The molecule has 0 fully saturated rings. The Morgan fingerprint density at radius 3 is 2.29 bits per heavy atom. The maximum atomic E-state index is 12.2. The molecule has 2 rings (SSSR count). The molecule has 5 heteroatoms. The Kier molecular flexibility index (Phi) is 5.95. The van der Waals surface area contributed by atoms with Crippen LogP contribution < -0.4 is 10.1 Å². The molecule has 2 aromatic rings. The third-order valence-electron chi connectivity index (χ3n) is 3.60. The number of benzene rings is 2. The van der Waals surface area contributed by atoms with Gasteiger partial charge in [0.2, 0.25) is 0 Å². The highest BCUT2D eigenvalue weighted by molar-refractivity contribution is 5.86. The quantitative estimate of drug-likeness (QED) is 0.819. The third-order valence-corrected chi connectivity index (χ3v) is 3.60. The molecule has 5 nitrogen and oxygen atoms in total. The van der Waals surface area contributed by atoms with Gasteiger partial charge in [-0.3, -0.25) is 4.79 Å². The highest BCUT2D eigenvalue weighted by atomic mass is 16.5. The van der Waals surface area contributed by atoms with E-state index in [1.165, 1.54) is 0 Å². The normalized spacial score (nSPS) is 12.9. The Hall–Kier alpha value is -2.82. The molecule has 2 aromatic carbocycles. The maximum absolute atomic E-state index is 12.2. The number of ether oxygens (including phenoxy) is 1. The maximum Gasteiger partial charge on any atom is 0.326 e. The molecule has 0 aromatic heterocycles. The zero-order chi connectivity index (χ0) is 17.5. The van der Waals surface area contributed by atoms with Gasteiger partial charge < -0.3 is 15.2 Å². The van der Waals surface area contributed by atoms with Crippen LogP contribution in [0.15, 0.2) is 54.6 Å². The zero-order valence-electron chi connectivity index (χ0n) is 13.7. The molecule has 2 N–H and O–H groups in total. The van der Waals surface area contributed by atoms with Crippen molar-refractivity contribution in [2.24, 2.45) is 0 Å². The molecule has 0 saturated carbocycles. The van der Waals surface area contributed by atoms with Crippen LogP contribution in [-0.2, 0) is 16.0 Å². The molecule has 1 amide bonds. The lowest BCUT2D eigenvalue weighted by molar-refractivity contribution is -0.142. The standard InChI is InChI=1S/C19H21NO4/c1-13-8-10-16(11-9-13)24-14(2)18(21)20-17(19(22)23)12-15-6-4-3-5-7-15/h3-11,14,17H,12H2,1-2H3,(H,20,21)(H,22,23)/t14?,17-/m1/s1. The second kappa shape index (κ2) is 8.15. The molecule has 0 spiro atoms. The zero-order valence-corrected chi connectivity index (χ0v) is 13.7. The highest BCUT2D eigenvalue weighted by Crippen LogP contribution is 2.13. The molecule has 1 unspecified atom stereocenters. The number of aliphatic carboxylic acids is 1. The van der Waals surface area contributed by atoms with Crippen molar-refractivity contribution in [3.8, 4) is 5.75 Å². The molecule has 0 heterocycles. The summed E-state index contributed by atoms with van der Waals surface area (Å²) in [5.74, 6) is -0.966. The van der Waals surface area contributed by atoms with Crippen LogP contribution in [0.4, 0.5) is 0 Å². The molecule has 0 radical (unpaired) electrons. The van der Waals surface area contributed by atoms with Gasteiger partial charge in [0.15, 0.2) is 6.10 Å². The number of nitrogens with one attached hydrogen (secondary N) is 1. The Morgan fingerprint density at radius 2 is 1.71 bits per heavy atom. The van der Waals surface area contributed by atoms with E-state index in [2.05, 4.69) is 5.32 Å². The molecule has 0 aliphatic heterocycles. The van der Waals surface area contributed by atoms with Crippen LogP contribution in [0.2, 0.25) is 0 Å². The number of carboxylic acid groups (broad SMARTS) is 1. The summed E-state index contributed by atoms with van der Waals surface area (Å²) in [5.41, 5.74) is 1.94. The molecule has 2 atom stereocenters. The highest BCUT2D eigenvalue weighted by Gasteiger charge is 2.24. The summed E-state index contributed by atoms with van der Waals surface area (Å²) in [6.45, 7) is 3.55. The number of carbonyl (C=O) groups excluding carboxylic acids is 1. The van der Waals surface area contributed by atoms with Crippen LogP contribution >= 0.6 is 0 Å². The number of amides is 1. The largest absolute Gasteiger partial charge is 0.481 e. The summed E-state index contributed by atoms with van der Waals surface area (Å²) in [7, 11) is 0. The number of carboxylic acids is 1. The van der Waals surface area contributed by atoms with Crippen LogP contribution in [0.25, 0.3) is 0 Å². The lowest BCUT2D eigenvalue weighted by Gasteiger charge is -2.19. The number of hydrogen-bond donors (Lipinski definition) is 2. The van der Waals surface area contributed by atoms with Gasteiger partial charge in [0, 0.05) is 6.42 Å². The van der Waals surface area contributed by atoms with Gasteiger partial charge in [0.1, 0.15) is 11.8 Å². The molecular formula is C19H21NO4. The first-order chi connectivity index (χ1) is 11.5. The van der Waals surface area contributed by atoms with Gasteiger partial charge in [-0.1, -0.05) is 48.0 Å². The van der Waals surface area contributed by atoms with Gasteiger partial charge in [0.05, 0.1) is 0 Å². The predicted molar refractivity (Wildman–Crippen MR) is 91.0 cm³/mol. The van der Waals surface area contributed by atoms with E-state index in [0.717, 1.165) is 11.1 Å². The summed E-state index contributed by atoms with van der Waals surface area (Å²) >= 11 is 0. The second-order valence-electron chi connectivity index (χ2n) is 5.66. The molecule has 0 bridgehead atoms. The Morgan fingerprint density at radius 1 is 1.08 bits per heavy atom. The summed E-state index contributed by atoms with van der Waals surface area (Å²) in [4.78, 5) is 23.6. The minimum atomic E-state index is -1.07. The fourth-order valence-electron chi connectivity index (χ4n) is 2.21. The number of carbonyl (C=O) groups is 2. The third kappa shape index (κ3) is 5.12. The summed E-state index contributed by atoms with van der Waals surface area (Å²) in [5, 5.41) is 11.9. The lowest BCUT2D eigenvalue weighted by atomic mass is 10.1. The predicted octanol–water partition coefficient (Wildman–Crippen LogP) is 2.57. The van der Waals surface area contributed by atoms with Gasteiger partial charge in [-0.15, -0.1) is 0 Å². The van der Waals surface area contributed by atoms with E-state index in [0.29, 0.717) is 5.75 Å². The van der Waals surface area contributed by atoms with Gasteiger partial charge in [0.25, 0.3) is 5.91 Å². The second-order valence-corrected chi connectivity index (χ2v) is 5.66. The van der Waals surface area contributed by atoms with E-state index in [1.54, 1.807) is 19.1 Å². The molecule has 24 heavy (non-hydrogen) atoms. The van der Waals surface area contributed by atoms with E-state index >= 15 is 0 Å². The first kappa shape index (κ1) is 17.5. The Bertz CT molecular complexity index is 682. The van der Waals surface area contributed by atoms with Gasteiger partial charge >= 0.3 is 5.97 Å². The number of rotatable bonds is 7. The fraction of sp³-hybridized carbons (Fsp3) is 0.263. The average Bonchev–Trinajstić information content (AvgIpc) is 2.57. The minimum Gasteiger partial charge on any atom is -0.481 e. The molecule has 0 saturated heterocycles. The molecule has 0 aliphatic carbocycles. The smallest absolute Gasteiger partial charge is 0.326 e. The van der Waals surface area contributed by atoms with E-state index in [-0.39, 0.29) is 6.42 Å². The molecule has 0 aliphatic rings. The first-order valence-corrected chi connectivity index (χ1v) is 7.76. The van der Waals surface area contributed by atoms with E-state index < -0.39 is 24.0 Å². The van der Waals surface area contributed by atoms with Crippen molar-refractivity contribution in [3.05, 3.63) is 65.7 Å². The fourth-order valence-corrected chi connectivity index (χ4v) is 2.21. The van der Waals surface area contributed by atoms with Gasteiger partial charge in [-0.05, 0) is 31.5 Å². The van der Waals surface area contributed by atoms with E-state index in [9.17, 15) is 14.7 Å². The molecular weight excluding hydrogens is 306 g/mol. The Labute approximate surface area is 141 Å². The van der Waals surface area contributed by atoms with Crippen molar-refractivity contribution >= 4 is 11.9 Å². The lowest BCUT2D eigenvalue weighted by Crippen LogP contribution is -2.47. The Balaban J connectivity index is 1.96. The van der Waals surface area contributed by atoms with Crippen molar-refractivity contribution in [1.82, 2.24) is 5.32 Å². The van der Waals surface area contributed by atoms with Crippen LogP contribution in [-0.4, -0.2) is 29.1 Å². The van der Waals surface area contributed by atoms with Crippen molar-refractivity contribution in [2.75, 3.05) is 0 Å². The van der Waals surface area contributed by atoms with Crippen LogP contribution in [0.3, 0.4) is 0 Å². The SMILES string of the molecule is Cc1ccc(OC(C)C(=O)N[C@H](Cc2ccccc2)C(=O)O)cc1. The van der Waals surface area contributed by atoms with Crippen molar-refractivity contribution in [3.63, 3.8) is 0 Å². The minimum absolute atomic E-state index is 0.221. The molecule has 126 valence electrons. The number of hydrogen-bond acceptors (Lipinski definition) is 3. The average molecular weight is 327 g/mol. The summed E-state index contributed by atoms with van der Waals surface area (Å²) < 4.78 is 5.56.